The molecule has 7 nitrogen and oxygen atoms in total. The van der Waals surface area contributed by atoms with Gasteiger partial charge in [-0.05, 0) is 55.5 Å². The molecule has 1 N–H and O–H groups in total. The van der Waals surface area contributed by atoms with E-state index in [1.54, 1.807) is 10.9 Å². The molecule has 162 valence electrons. The van der Waals surface area contributed by atoms with Crippen molar-refractivity contribution < 1.29 is 14.3 Å². The number of carbonyl (C=O) groups excluding carboxylic acids is 2. The van der Waals surface area contributed by atoms with Gasteiger partial charge in [0.2, 0.25) is 0 Å². The van der Waals surface area contributed by atoms with Gasteiger partial charge in [0.1, 0.15) is 5.56 Å². The Balaban J connectivity index is 1.66. The summed E-state index contributed by atoms with van der Waals surface area (Å²) in [6.07, 6.45) is 3.13. The number of nitrogens with zero attached hydrogens (tertiary/aromatic N) is 3. The average molecular weight is 421 g/mol. The van der Waals surface area contributed by atoms with E-state index in [9.17, 15) is 9.59 Å². The summed E-state index contributed by atoms with van der Waals surface area (Å²) >= 11 is 0. The lowest BCUT2D eigenvalue weighted by Crippen LogP contribution is -2.31. The van der Waals surface area contributed by atoms with E-state index in [0.717, 1.165) is 11.1 Å². The molecule has 0 saturated heterocycles. The highest BCUT2D eigenvalue weighted by Crippen LogP contribution is 2.23. The van der Waals surface area contributed by atoms with Crippen LogP contribution in [0, 0.1) is 13.8 Å². The molecule has 0 aliphatic carbocycles. The SMILES string of the molecule is Cc1ccc(C(C)NC(=O)COC(=O)c2cnn(-c3ccccn3)c2C(C)C)cc1C. The number of rotatable bonds is 7. The van der Waals surface area contributed by atoms with E-state index in [1.807, 2.05) is 71.0 Å². The molecule has 0 spiro atoms. The fraction of sp³-hybridized carbons (Fsp3) is 0.333. The molecule has 31 heavy (non-hydrogen) atoms. The van der Waals surface area contributed by atoms with Gasteiger partial charge in [0, 0.05) is 6.20 Å². The zero-order valence-corrected chi connectivity index (χ0v) is 18.5. The zero-order chi connectivity index (χ0) is 22.5. The second-order valence-electron chi connectivity index (χ2n) is 7.91. The lowest BCUT2D eigenvalue weighted by Gasteiger charge is -2.16. The van der Waals surface area contributed by atoms with Gasteiger partial charge in [-0.2, -0.15) is 5.10 Å². The van der Waals surface area contributed by atoms with Crippen LogP contribution < -0.4 is 5.32 Å². The number of nitrogens with one attached hydrogen (secondary N) is 1. The third-order valence-electron chi connectivity index (χ3n) is 5.18. The monoisotopic (exact) mass is 420 g/mol. The number of benzene rings is 1. The Hall–Kier alpha value is -3.48. The van der Waals surface area contributed by atoms with Crippen molar-refractivity contribution in [3.05, 3.63) is 76.7 Å². The second kappa shape index (κ2) is 9.55. The van der Waals surface area contributed by atoms with Gasteiger partial charge in [0.05, 0.1) is 17.9 Å². The molecule has 3 rings (SSSR count). The van der Waals surface area contributed by atoms with E-state index >= 15 is 0 Å². The minimum absolute atomic E-state index is 0.00526. The van der Waals surface area contributed by atoms with Gasteiger partial charge in [0.15, 0.2) is 12.4 Å². The van der Waals surface area contributed by atoms with Crippen molar-refractivity contribution in [2.24, 2.45) is 0 Å². The van der Waals surface area contributed by atoms with Crippen molar-refractivity contribution in [1.82, 2.24) is 20.1 Å². The van der Waals surface area contributed by atoms with Gasteiger partial charge in [-0.25, -0.2) is 14.5 Å². The standard InChI is InChI=1S/C24H28N4O3/c1-15(2)23-20(13-26-28(23)21-8-6-7-11-25-21)24(30)31-14-22(29)27-18(5)19-10-9-16(3)17(4)12-19/h6-13,15,18H,14H2,1-5H3,(H,27,29). The van der Waals surface area contributed by atoms with Crippen LogP contribution in [0.5, 0.6) is 0 Å². The Morgan fingerprint density at radius 2 is 1.87 bits per heavy atom. The van der Waals surface area contributed by atoms with Crippen LogP contribution >= 0.6 is 0 Å². The van der Waals surface area contributed by atoms with Crippen LogP contribution in [0.4, 0.5) is 0 Å². The number of amides is 1. The van der Waals surface area contributed by atoms with Gasteiger partial charge in [-0.1, -0.05) is 38.1 Å². The molecule has 0 radical (unpaired) electrons. The van der Waals surface area contributed by atoms with Crippen molar-refractivity contribution in [3.8, 4) is 5.82 Å². The van der Waals surface area contributed by atoms with Crippen molar-refractivity contribution in [1.29, 1.82) is 0 Å². The molecule has 1 aromatic carbocycles. The zero-order valence-electron chi connectivity index (χ0n) is 18.5. The fourth-order valence-corrected chi connectivity index (χ4v) is 3.34. The number of ether oxygens (including phenoxy) is 1. The highest BCUT2D eigenvalue weighted by Gasteiger charge is 2.23. The summed E-state index contributed by atoms with van der Waals surface area (Å²) < 4.78 is 6.91. The smallest absolute Gasteiger partial charge is 0.342 e. The van der Waals surface area contributed by atoms with Gasteiger partial charge < -0.3 is 10.1 Å². The van der Waals surface area contributed by atoms with E-state index in [2.05, 4.69) is 15.4 Å². The number of carbonyl (C=O) groups is 2. The predicted molar refractivity (Wildman–Crippen MR) is 118 cm³/mol. The maximum Gasteiger partial charge on any atom is 0.342 e. The maximum atomic E-state index is 12.7. The number of hydrogen-bond donors (Lipinski definition) is 1. The van der Waals surface area contributed by atoms with E-state index in [0.29, 0.717) is 17.1 Å². The van der Waals surface area contributed by atoms with Crippen LogP contribution in [-0.4, -0.2) is 33.2 Å². The fourth-order valence-electron chi connectivity index (χ4n) is 3.34. The summed E-state index contributed by atoms with van der Waals surface area (Å²) in [6.45, 7) is 9.55. The van der Waals surface area contributed by atoms with Crippen LogP contribution in [0.1, 0.15) is 65.5 Å². The van der Waals surface area contributed by atoms with Crippen LogP contribution in [0.2, 0.25) is 0 Å². The molecule has 1 atom stereocenters. The number of pyridine rings is 1. The quantitative estimate of drug-likeness (QED) is 0.583. The molecule has 0 saturated carbocycles. The molecule has 0 bridgehead atoms. The largest absolute Gasteiger partial charge is 0.452 e. The van der Waals surface area contributed by atoms with E-state index in [1.165, 1.54) is 11.8 Å². The van der Waals surface area contributed by atoms with Gasteiger partial charge in [-0.15, -0.1) is 0 Å². The topological polar surface area (TPSA) is 86.1 Å². The molecule has 1 amide bonds. The summed E-state index contributed by atoms with van der Waals surface area (Å²) in [4.78, 5) is 29.3. The van der Waals surface area contributed by atoms with Crippen molar-refractivity contribution >= 4 is 11.9 Å². The summed E-state index contributed by atoms with van der Waals surface area (Å²) in [5, 5.41) is 7.18. The van der Waals surface area contributed by atoms with Crippen LogP contribution in [-0.2, 0) is 9.53 Å². The Labute approximate surface area is 182 Å². The van der Waals surface area contributed by atoms with E-state index in [4.69, 9.17) is 4.74 Å². The first kappa shape index (κ1) is 22.2. The first-order valence-electron chi connectivity index (χ1n) is 10.3. The minimum atomic E-state index is -0.583. The first-order chi connectivity index (χ1) is 14.8. The first-order valence-corrected chi connectivity index (χ1v) is 10.3. The summed E-state index contributed by atoms with van der Waals surface area (Å²) in [5.74, 6) is -0.321. The lowest BCUT2D eigenvalue weighted by molar-refractivity contribution is -0.124. The molecule has 0 aliphatic heterocycles. The van der Waals surface area contributed by atoms with Gasteiger partial charge >= 0.3 is 5.97 Å². The molecule has 7 heteroatoms. The summed E-state index contributed by atoms with van der Waals surface area (Å²) in [6, 6.07) is 11.4. The Morgan fingerprint density at radius 3 is 2.52 bits per heavy atom. The third kappa shape index (κ3) is 5.17. The van der Waals surface area contributed by atoms with Crippen molar-refractivity contribution in [2.45, 2.75) is 46.6 Å². The Morgan fingerprint density at radius 1 is 1.10 bits per heavy atom. The highest BCUT2D eigenvalue weighted by atomic mass is 16.5. The van der Waals surface area contributed by atoms with Crippen LogP contribution in [0.3, 0.4) is 0 Å². The van der Waals surface area contributed by atoms with Crippen molar-refractivity contribution in [3.63, 3.8) is 0 Å². The summed E-state index contributed by atoms with van der Waals surface area (Å²) in [7, 11) is 0. The second-order valence-corrected chi connectivity index (χ2v) is 7.91. The van der Waals surface area contributed by atoms with Crippen LogP contribution in [0.15, 0.2) is 48.8 Å². The maximum absolute atomic E-state index is 12.7. The van der Waals surface area contributed by atoms with E-state index in [-0.39, 0.29) is 24.5 Å². The Bertz CT molecular complexity index is 1070. The number of aromatic nitrogens is 3. The third-order valence-corrected chi connectivity index (χ3v) is 5.18. The number of hydrogen-bond acceptors (Lipinski definition) is 5. The molecule has 2 heterocycles. The van der Waals surface area contributed by atoms with Gasteiger partial charge in [-0.3, -0.25) is 4.79 Å². The highest BCUT2D eigenvalue weighted by molar-refractivity contribution is 5.92. The molecule has 3 aromatic rings. The summed E-state index contributed by atoms with van der Waals surface area (Å²) in [5.41, 5.74) is 4.38. The van der Waals surface area contributed by atoms with Gasteiger partial charge in [0.25, 0.3) is 5.91 Å². The minimum Gasteiger partial charge on any atom is -0.452 e. The Kier molecular flexibility index (Phi) is 6.84. The van der Waals surface area contributed by atoms with E-state index < -0.39 is 5.97 Å². The predicted octanol–water partition coefficient (Wildman–Crippen LogP) is 4.04. The number of aryl methyl sites for hydroxylation is 2. The molecule has 2 aromatic heterocycles. The molecule has 1 unspecified atom stereocenters. The molecule has 0 fully saturated rings. The normalized spacial score (nSPS) is 11.9. The van der Waals surface area contributed by atoms with Crippen LogP contribution in [0.25, 0.3) is 5.82 Å². The lowest BCUT2D eigenvalue weighted by atomic mass is 10.0. The molecule has 0 aliphatic rings. The molecular formula is C24H28N4O3. The average Bonchev–Trinajstić information content (AvgIpc) is 3.20. The van der Waals surface area contributed by atoms with Crippen molar-refractivity contribution in [2.75, 3.05) is 6.61 Å². The molecular weight excluding hydrogens is 392 g/mol. The number of esters is 1.